The highest BCUT2D eigenvalue weighted by molar-refractivity contribution is 7.99. The summed E-state index contributed by atoms with van der Waals surface area (Å²) in [4.78, 5) is 2.29. The highest BCUT2D eigenvalue weighted by atomic mass is 32.2. The fraction of sp³-hybridized carbons (Fsp3) is 0.571. The molecule has 0 unspecified atom stereocenters. The topological polar surface area (TPSA) is 71.8 Å². The van der Waals surface area contributed by atoms with Gasteiger partial charge in [0.2, 0.25) is 0 Å². The molecule has 2 heterocycles. The van der Waals surface area contributed by atoms with Gasteiger partial charge in [0.1, 0.15) is 12.7 Å². The highest BCUT2D eigenvalue weighted by Crippen LogP contribution is 2.28. The molecule has 29 heavy (non-hydrogen) atoms. The van der Waals surface area contributed by atoms with E-state index < -0.39 is 6.10 Å². The van der Waals surface area contributed by atoms with Crippen LogP contribution >= 0.6 is 11.8 Å². The molecule has 1 aromatic carbocycles. The minimum absolute atomic E-state index is 0.263. The lowest BCUT2D eigenvalue weighted by Gasteiger charge is -2.28. The first-order valence-electron chi connectivity index (χ1n) is 10.2. The Morgan fingerprint density at radius 3 is 2.72 bits per heavy atom. The number of aliphatic hydroxyl groups excluding tert-OH is 1. The third kappa shape index (κ3) is 6.92. The fourth-order valence-corrected chi connectivity index (χ4v) is 4.26. The molecule has 3 rings (SSSR count). The molecule has 1 aliphatic heterocycles. The van der Waals surface area contributed by atoms with Crippen LogP contribution in [0.15, 0.2) is 30.6 Å². The van der Waals surface area contributed by atoms with E-state index in [2.05, 4.69) is 28.4 Å². The Morgan fingerprint density at radius 2 is 2.00 bits per heavy atom. The summed E-state index contributed by atoms with van der Waals surface area (Å²) in [6, 6.07) is 5.91. The van der Waals surface area contributed by atoms with Crippen molar-refractivity contribution in [2.75, 3.05) is 44.9 Å². The first-order chi connectivity index (χ1) is 14.2. The summed E-state index contributed by atoms with van der Waals surface area (Å²) < 4.78 is 13.2. The zero-order valence-corrected chi connectivity index (χ0v) is 18.2. The number of hydrogen-bond acceptors (Lipinski definition) is 7. The van der Waals surface area contributed by atoms with Gasteiger partial charge in [-0.1, -0.05) is 6.07 Å². The van der Waals surface area contributed by atoms with E-state index in [-0.39, 0.29) is 6.61 Å². The van der Waals surface area contributed by atoms with Crippen LogP contribution in [0.4, 0.5) is 0 Å². The molecule has 7 nitrogen and oxygen atoms in total. The molecule has 2 aromatic rings. The van der Waals surface area contributed by atoms with Crippen molar-refractivity contribution < 1.29 is 14.6 Å². The SMILES string of the molecule is CCn1cc(CNCc2ccc(OC[C@H](O)CN3CCSCC3)c(OC)c2)cn1. The third-order valence-electron chi connectivity index (χ3n) is 4.90. The van der Waals surface area contributed by atoms with Gasteiger partial charge in [-0.2, -0.15) is 16.9 Å². The first-order valence-corrected chi connectivity index (χ1v) is 11.3. The number of methoxy groups -OCH3 is 1. The predicted octanol–water partition coefficient (Wildman–Crippen LogP) is 1.99. The van der Waals surface area contributed by atoms with Gasteiger partial charge in [0.25, 0.3) is 0 Å². The van der Waals surface area contributed by atoms with E-state index >= 15 is 0 Å². The Hall–Kier alpha value is -1.74. The number of benzene rings is 1. The van der Waals surface area contributed by atoms with Crippen LogP contribution in [0.3, 0.4) is 0 Å². The molecule has 0 saturated carbocycles. The summed E-state index contributed by atoms with van der Waals surface area (Å²) in [6.45, 7) is 7.43. The van der Waals surface area contributed by atoms with Crippen molar-refractivity contribution in [3.05, 3.63) is 41.7 Å². The molecule has 1 fully saturated rings. The lowest BCUT2D eigenvalue weighted by Crippen LogP contribution is -2.40. The number of aliphatic hydroxyl groups is 1. The quantitative estimate of drug-likeness (QED) is 0.576. The number of nitrogens with one attached hydrogen (secondary N) is 1. The minimum atomic E-state index is -0.506. The van der Waals surface area contributed by atoms with Gasteiger partial charge in [-0.25, -0.2) is 0 Å². The fourth-order valence-electron chi connectivity index (χ4n) is 3.28. The van der Waals surface area contributed by atoms with Crippen LogP contribution in [-0.4, -0.2) is 70.7 Å². The zero-order chi connectivity index (χ0) is 20.5. The van der Waals surface area contributed by atoms with Gasteiger partial charge in [-0.3, -0.25) is 9.58 Å². The second kappa shape index (κ2) is 11.4. The third-order valence-corrected chi connectivity index (χ3v) is 5.84. The number of hydrogen-bond donors (Lipinski definition) is 2. The summed E-state index contributed by atoms with van der Waals surface area (Å²) >= 11 is 1.97. The molecule has 1 atom stereocenters. The Balaban J connectivity index is 1.46. The number of rotatable bonds is 11. The molecule has 0 radical (unpaired) electrons. The zero-order valence-electron chi connectivity index (χ0n) is 17.3. The smallest absolute Gasteiger partial charge is 0.161 e. The molecule has 1 saturated heterocycles. The highest BCUT2D eigenvalue weighted by Gasteiger charge is 2.16. The minimum Gasteiger partial charge on any atom is -0.493 e. The van der Waals surface area contributed by atoms with Crippen LogP contribution in [-0.2, 0) is 19.6 Å². The molecular formula is C21H32N4O3S. The van der Waals surface area contributed by atoms with Crippen LogP contribution in [0, 0.1) is 0 Å². The van der Waals surface area contributed by atoms with Crippen LogP contribution < -0.4 is 14.8 Å². The Kier molecular flexibility index (Phi) is 8.67. The van der Waals surface area contributed by atoms with E-state index in [1.165, 1.54) is 5.56 Å². The second-order valence-electron chi connectivity index (χ2n) is 7.17. The molecule has 0 bridgehead atoms. The van der Waals surface area contributed by atoms with Crippen LogP contribution in [0.1, 0.15) is 18.1 Å². The summed E-state index contributed by atoms with van der Waals surface area (Å²) in [5.74, 6) is 3.62. The van der Waals surface area contributed by atoms with Gasteiger partial charge in [-0.15, -0.1) is 0 Å². The average molecular weight is 421 g/mol. The van der Waals surface area contributed by atoms with Crippen LogP contribution in [0.25, 0.3) is 0 Å². The van der Waals surface area contributed by atoms with Crippen LogP contribution in [0.2, 0.25) is 0 Å². The van der Waals surface area contributed by atoms with Crippen molar-refractivity contribution in [1.82, 2.24) is 20.0 Å². The number of aromatic nitrogens is 2. The van der Waals surface area contributed by atoms with E-state index in [1.54, 1.807) is 7.11 Å². The van der Waals surface area contributed by atoms with Crippen molar-refractivity contribution in [2.24, 2.45) is 0 Å². The Bertz CT molecular complexity index is 749. The molecule has 0 spiro atoms. The maximum atomic E-state index is 10.3. The second-order valence-corrected chi connectivity index (χ2v) is 8.40. The van der Waals surface area contributed by atoms with Gasteiger partial charge >= 0.3 is 0 Å². The summed E-state index contributed by atoms with van der Waals surface area (Å²) in [5.41, 5.74) is 2.28. The standard InChI is InChI=1S/C21H32N4O3S/c1-3-25-14-18(13-23-25)12-22-11-17-4-5-20(21(10-17)27-2)28-16-19(26)15-24-6-8-29-9-7-24/h4-5,10,13-14,19,22,26H,3,6-9,11-12,15-16H2,1-2H3/t19-/m1/s1. The molecule has 0 amide bonds. The lowest BCUT2D eigenvalue weighted by molar-refractivity contribution is 0.0705. The van der Waals surface area contributed by atoms with Gasteiger partial charge in [-0.05, 0) is 24.6 Å². The van der Waals surface area contributed by atoms with Gasteiger partial charge in [0, 0.05) is 62.5 Å². The molecule has 0 aliphatic carbocycles. The van der Waals surface area contributed by atoms with Crippen molar-refractivity contribution in [3.63, 3.8) is 0 Å². The van der Waals surface area contributed by atoms with E-state index in [4.69, 9.17) is 9.47 Å². The number of thioether (sulfide) groups is 1. The maximum Gasteiger partial charge on any atom is 0.161 e. The predicted molar refractivity (Wildman–Crippen MR) is 117 cm³/mol. The normalized spacial score (nSPS) is 16.0. The van der Waals surface area contributed by atoms with Crippen LogP contribution in [0.5, 0.6) is 11.5 Å². The van der Waals surface area contributed by atoms with E-state index in [0.717, 1.165) is 49.8 Å². The van der Waals surface area contributed by atoms with Gasteiger partial charge < -0.3 is 19.9 Å². The molecule has 1 aromatic heterocycles. The summed E-state index contributed by atoms with van der Waals surface area (Å²) in [7, 11) is 1.64. The number of aryl methyl sites for hydroxylation is 1. The molecule has 8 heteroatoms. The van der Waals surface area contributed by atoms with Gasteiger partial charge in [0.05, 0.1) is 13.3 Å². The van der Waals surface area contributed by atoms with Crippen molar-refractivity contribution in [2.45, 2.75) is 32.7 Å². The van der Waals surface area contributed by atoms with E-state index in [1.807, 2.05) is 40.8 Å². The van der Waals surface area contributed by atoms with Crippen molar-refractivity contribution >= 4 is 11.8 Å². The first kappa shape index (κ1) is 22.0. The maximum absolute atomic E-state index is 10.3. The molecular weight excluding hydrogens is 388 g/mol. The molecule has 1 aliphatic rings. The lowest BCUT2D eigenvalue weighted by atomic mass is 10.2. The van der Waals surface area contributed by atoms with Gasteiger partial charge in [0.15, 0.2) is 11.5 Å². The molecule has 2 N–H and O–H groups in total. The summed E-state index contributed by atoms with van der Waals surface area (Å²) in [6.07, 6.45) is 3.44. The van der Waals surface area contributed by atoms with Crippen molar-refractivity contribution in [1.29, 1.82) is 0 Å². The largest absolute Gasteiger partial charge is 0.493 e. The van der Waals surface area contributed by atoms with E-state index in [9.17, 15) is 5.11 Å². The summed E-state index contributed by atoms with van der Waals surface area (Å²) in [5, 5.41) is 18.0. The number of ether oxygens (including phenoxy) is 2. The Morgan fingerprint density at radius 1 is 1.21 bits per heavy atom. The number of nitrogens with zero attached hydrogens (tertiary/aromatic N) is 3. The molecule has 160 valence electrons. The van der Waals surface area contributed by atoms with E-state index in [0.29, 0.717) is 18.0 Å². The number of β-amino-alcohol motifs (C(OH)–C–C–N with tert-alkyl or cyclic N) is 1. The van der Waals surface area contributed by atoms with Crippen molar-refractivity contribution in [3.8, 4) is 11.5 Å². The Labute approximate surface area is 177 Å². The average Bonchev–Trinajstić information content (AvgIpc) is 3.21. The monoisotopic (exact) mass is 420 g/mol.